The summed E-state index contributed by atoms with van der Waals surface area (Å²) < 4.78 is -0.0875. The fourth-order valence-corrected chi connectivity index (χ4v) is 3.81. The topological polar surface area (TPSA) is 53.2 Å². The fourth-order valence-electron chi connectivity index (χ4n) is 2.16. The number of alkyl halides is 3. The zero-order valence-corrected chi connectivity index (χ0v) is 21.0. The highest BCUT2D eigenvalue weighted by Gasteiger charge is 2.35. The number of hydrogen-bond acceptors (Lipinski definition) is 2. The second-order valence-electron chi connectivity index (χ2n) is 5.99. The van der Waals surface area contributed by atoms with Crippen molar-refractivity contribution in [1.29, 1.82) is 0 Å². The lowest BCUT2D eigenvalue weighted by atomic mass is 10.1. The highest BCUT2D eigenvalue weighted by Crippen LogP contribution is 2.31. The van der Waals surface area contributed by atoms with Crippen molar-refractivity contribution in [2.45, 2.75) is 23.8 Å². The van der Waals surface area contributed by atoms with Crippen molar-refractivity contribution in [3.05, 3.63) is 62.0 Å². The molecule has 0 aliphatic rings. The van der Waals surface area contributed by atoms with E-state index in [4.69, 9.17) is 47.0 Å². The first kappa shape index (κ1) is 23.7. The van der Waals surface area contributed by atoms with Gasteiger partial charge in [-0.3, -0.25) is 4.79 Å². The van der Waals surface area contributed by atoms with E-state index in [1.54, 1.807) is 12.1 Å². The Bertz CT molecular complexity index is 889. The minimum Gasteiger partial charge on any atom is -0.339 e. The minimum absolute atomic E-state index is 0.183. The summed E-state index contributed by atoms with van der Waals surface area (Å²) in [5.74, 6) is -0.396. The molecule has 0 aliphatic heterocycles. The van der Waals surface area contributed by atoms with Gasteiger partial charge in [0.15, 0.2) is 5.11 Å². The van der Waals surface area contributed by atoms with Gasteiger partial charge < -0.3 is 16.0 Å². The minimum atomic E-state index is -1.83. The molecule has 2 aromatic rings. The fraction of sp³-hybridized carbons (Fsp3) is 0.222. The van der Waals surface area contributed by atoms with Gasteiger partial charge in [-0.05, 0) is 71.8 Å². The molecule has 0 bridgehead atoms. The lowest BCUT2D eigenvalue weighted by Gasteiger charge is -2.28. The van der Waals surface area contributed by atoms with Crippen LogP contribution in [0.5, 0.6) is 0 Å². The number of halogens is 5. The Kier molecular flexibility index (Phi) is 8.43. The van der Waals surface area contributed by atoms with E-state index < -0.39 is 15.9 Å². The van der Waals surface area contributed by atoms with E-state index in [9.17, 15) is 4.79 Å². The molecule has 0 spiro atoms. The predicted octanol–water partition coefficient (Wildman–Crippen LogP) is 6.24. The molecule has 10 heteroatoms. The SMILES string of the molecule is Cc1ccc(C(=O)NC(NC(=S)Nc2cc(C)c(Br)cc2Br)C(Cl)(Cl)Cl)cc1. The Morgan fingerprint density at radius 2 is 1.64 bits per heavy atom. The first-order valence-corrected chi connectivity index (χ1v) is 11.1. The van der Waals surface area contributed by atoms with E-state index in [2.05, 4.69) is 47.8 Å². The molecule has 0 saturated heterocycles. The molecule has 3 N–H and O–H groups in total. The van der Waals surface area contributed by atoms with Crippen LogP contribution in [0.4, 0.5) is 5.69 Å². The maximum atomic E-state index is 12.5. The largest absolute Gasteiger partial charge is 0.339 e. The van der Waals surface area contributed by atoms with Crippen LogP contribution < -0.4 is 16.0 Å². The summed E-state index contributed by atoms with van der Waals surface area (Å²) in [5, 5.41) is 8.70. The number of aryl methyl sites for hydroxylation is 2. The molecule has 1 unspecified atom stereocenters. The molecular formula is C18H16Br2Cl3N3OS. The quantitative estimate of drug-likeness (QED) is 0.225. The van der Waals surface area contributed by atoms with Crippen molar-refractivity contribution in [2.75, 3.05) is 5.32 Å². The molecule has 0 aliphatic carbocycles. The molecule has 0 saturated carbocycles. The molecule has 150 valence electrons. The number of carbonyl (C=O) groups is 1. The third-order valence-electron chi connectivity index (χ3n) is 3.69. The number of carbonyl (C=O) groups excluding carboxylic acids is 1. The summed E-state index contributed by atoms with van der Waals surface area (Å²) in [6, 6.07) is 10.8. The Morgan fingerprint density at radius 1 is 1.04 bits per heavy atom. The number of hydrogen-bond donors (Lipinski definition) is 3. The van der Waals surface area contributed by atoms with Crippen LogP contribution in [-0.2, 0) is 0 Å². The van der Waals surface area contributed by atoms with Crippen molar-refractivity contribution in [1.82, 2.24) is 10.6 Å². The second kappa shape index (κ2) is 9.96. The summed E-state index contributed by atoms with van der Waals surface area (Å²) >= 11 is 30.3. The van der Waals surface area contributed by atoms with Crippen LogP contribution in [0.25, 0.3) is 0 Å². The van der Waals surface area contributed by atoms with Crippen LogP contribution in [-0.4, -0.2) is 21.0 Å². The Hall–Kier alpha value is -0.570. The van der Waals surface area contributed by atoms with Crippen LogP contribution in [0, 0.1) is 13.8 Å². The van der Waals surface area contributed by atoms with Crippen LogP contribution >= 0.6 is 78.9 Å². The van der Waals surface area contributed by atoms with Gasteiger partial charge in [0, 0.05) is 14.5 Å². The lowest BCUT2D eigenvalue weighted by Crippen LogP contribution is -2.56. The molecule has 0 fully saturated rings. The summed E-state index contributed by atoms with van der Waals surface area (Å²) in [5.41, 5.74) is 3.22. The smallest absolute Gasteiger partial charge is 0.252 e. The molecule has 2 rings (SSSR count). The van der Waals surface area contributed by atoms with Crippen LogP contribution in [0.1, 0.15) is 21.5 Å². The second-order valence-corrected chi connectivity index (χ2v) is 10.5. The van der Waals surface area contributed by atoms with Crippen LogP contribution in [0.15, 0.2) is 45.3 Å². The summed E-state index contributed by atoms with van der Waals surface area (Å²) in [6.07, 6.45) is -1.05. The molecule has 4 nitrogen and oxygen atoms in total. The summed E-state index contributed by atoms with van der Waals surface area (Å²) in [7, 11) is 0. The van der Waals surface area contributed by atoms with Gasteiger partial charge in [-0.25, -0.2) is 0 Å². The first-order chi connectivity index (χ1) is 13.0. The third kappa shape index (κ3) is 6.75. The highest BCUT2D eigenvalue weighted by atomic mass is 79.9. The van der Waals surface area contributed by atoms with Gasteiger partial charge in [0.2, 0.25) is 3.79 Å². The maximum absolute atomic E-state index is 12.5. The van der Waals surface area contributed by atoms with Crippen LogP contribution in [0.2, 0.25) is 0 Å². The van der Waals surface area contributed by atoms with Gasteiger partial charge in [-0.1, -0.05) is 68.4 Å². The number of amides is 1. The third-order valence-corrected chi connectivity index (χ3v) is 6.07. The van der Waals surface area contributed by atoms with E-state index in [-0.39, 0.29) is 5.11 Å². The lowest BCUT2D eigenvalue weighted by molar-refractivity contribution is 0.0934. The zero-order chi connectivity index (χ0) is 21.1. The molecule has 28 heavy (non-hydrogen) atoms. The van der Waals surface area contributed by atoms with E-state index in [1.807, 2.05) is 38.1 Å². The van der Waals surface area contributed by atoms with E-state index >= 15 is 0 Å². The number of anilines is 1. The van der Waals surface area contributed by atoms with E-state index in [1.165, 1.54) is 0 Å². The molecule has 1 atom stereocenters. The Balaban J connectivity index is 2.11. The maximum Gasteiger partial charge on any atom is 0.252 e. The average Bonchev–Trinajstić information content (AvgIpc) is 2.58. The number of benzene rings is 2. The molecule has 0 radical (unpaired) electrons. The zero-order valence-electron chi connectivity index (χ0n) is 14.7. The average molecular weight is 589 g/mol. The number of nitrogens with one attached hydrogen (secondary N) is 3. The van der Waals surface area contributed by atoms with Crippen molar-refractivity contribution >= 4 is 95.6 Å². The van der Waals surface area contributed by atoms with E-state index in [0.717, 1.165) is 25.8 Å². The monoisotopic (exact) mass is 585 g/mol. The van der Waals surface area contributed by atoms with Gasteiger partial charge in [-0.2, -0.15) is 0 Å². The van der Waals surface area contributed by atoms with Gasteiger partial charge >= 0.3 is 0 Å². The summed E-state index contributed by atoms with van der Waals surface area (Å²) in [6.45, 7) is 3.88. The van der Waals surface area contributed by atoms with Gasteiger partial charge in [0.25, 0.3) is 5.91 Å². The standard InChI is InChI=1S/C18H16Br2Cl3N3OS/c1-9-3-5-11(6-4-9)15(27)25-16(18(21,22)23)26-17(28)24-14-7-10(2)12(19)8-13(14)20/h3-8,16H,1-2H3,(H,25,27)(H2,24,26,28). The van der Waals surface area contributed by atoms with Crippen molar-refractivity contribution in [3.63, 3.8) is 0 Å². The summed E-state index contributed by atoms with van der Waals surface area (Å²) in [4.78, 5) is 12.5. The normalized spacial score (nSPS) is 12.2. The molecule has 1 amide bonds. The molecule has 0 heterocycles. The van der Waals surface area contributed by atoms with E-state index in [0.29, 0.717) is 5.56 Å². The molecular weight excluding hydrogens is 572 g/mol. The first-order valence-electron chi connectivity index (χ1n) is 7.95. The van der Waals surface area contributed by atoms with Gasteiger partial charge in [-0.15, -0.1) is 0 Å². The van der Waals surface area contributed by atoms with Gasteiger partial charge in [0.05, 0.1) is 5.69 Å². The number of rotatable bonds is 4. The van der Waals surface area contributed by atoms with Crippen molar-refractivity contribution in [2.24, 2.45) is 0 Å². The van der Waals surface area contributed by atoms with Crippen LogP contribution in [0.3, 0.4) is 0 Å². The molecule has 0 aromatic heterocycles. The Morgan fingerprint density at radius 3 is 2.21 bits per heavy atom. The number of thiocarbonyl (C=S) groups is 1. The predicted molar refractivity (Wildman–Crippen MR) is 129 cm³/mol. The van der Waals surface area contributed by atoms with Crippen molar-refractivity contribution < 1.29 is 4.79 Å². The Labute approximate surface area is 200 Å². The van der Waals surface area contributed by atoms with Crippen molar-refractivity contribution in [3.8, 4) is 0 Å². The van der Waals surface area contributed by atoms with Gasteiger partial charge in [0.1, 0.15) is 6.17 Å². The highest BCUT2D eigenvalue weighted by molar-refractivity contribution is 9.11. The molecule has 2 aromatic carbocycles.